The molecule has 0 aliphatic carbocycles. The summed E-state index contributed by atoms with van der Waals surface area (Å²) in [6.45, 7) is 2.06. The van der Waals surface area contributed by atoms with Crippen molar-refractivity contribution in [2.45, 2.75) is 19.8 Å². The van der Waals surface area contributed by atoms with Crippen LogP contribution in [0, 0.1) is 6.92 Å². The lowest BCUT2D eigenvalue weighted by Crippen LogP contribution is -1.96. The van der Waals surface area contributed by atoms with E-state index in [9.17, 15) is 4.79 Å². The van der Waals surface area contributed by atoms with Crippen LogP contribution in [0.3, 0.4) is 0 Å². The van der Waals surface area contributed by atoms with Crippen molar-refractivity contribution in [1.29, 1.82) is 0 Å². The lowest BCUT2D eigenvalue weighted by molar-refractivity contribution is -0.136. The highest BCUT2D eigenvalue weighted by molar-refractivity contribution is 9.10. The molecule has 1 N–H and O–H groups in total. The molecule has 16 heavy (non-hydrogen) atoms. The number of aliphatic carboxylic acids is 1. The molecule has 2 rings (SSSR count). The normalized spacial score (nSPS) is 10.9. The fourth-order valence-corrected chi connectivity index (χ4v) is 3.25. The first-order valence-corrected chi connectivity index (χ1v) is 6.58. The van der Waals surface area contributed by atoms with Gasteiger partial charge < -0.3 is 5.11 Å². The minimum atomic E-state index is -0.738. The summed E-state index contributed by atoms with van der Waals surface area (Å²) in [6.07, 6.45) is 0.826. The van der Waals surface area contributed by atoms with Crippen molar-refractivity contribution >= 4 is 43.3 Å². The van der Waals surface area contributed by atoms with Gasteiger partial charge >= 0.3 is 5.97 Å². The average molecular weight is 299 g/mol. The first-order chi connectivity index (χ1) is 7.58. The van der Waals surface area contributed by atoms with Gasteiger partial charge in [-0.2, -0.15) is 0 Å². The van der Waals surface area contributed by atoms with Gasteiger partial charge in [-0.1, -0.05) is 15.9 Å². The first-order valence-electron chi connectivity index (χ1n) is 4.97. The number of hydrogen-bond acceptors (Lipinski definition) is 2. The summed E-state index contributed by atoms with van der Waals surface area (Å²) in [6, 6.07) is 6.17. The molecule has 0 bridgehead atoms. The van der Waals surface area contributed by atoms with E-state index in [1.54, 1.807) is 11.3 Å². The topological polar surface area (TPSA) is 37.3 Å². The molecule has 2 aromatic rings. The SMILES string of the molecule is Cc1c(CCC(=O)O)sc2ccc(Br)cc12. The second kappa shape index (κ2) is 4.55. The zero-order valence-electron chi connectivity index (χ0n) is 8.79. The molecule has 0 amide bonds. The van der Waals surface area contributed by atoms with Gasteiger partial charge in [-0.05, 0) is 42.5 Å². The van der Waals surface area contributed by atoms with E-state index in [0.29, 0.717) is 6.42 Å². The second-order valence-electron chi connectivity index (χ2n) is 3.68. The van der Waals surface area contributed by atoms with Crippen molar-refractivity contribution in [3.63, 3.8) is 0 Å². The molecule has 0 aliphatic rings. The van der Waals surface area contributed by atoms with Crippen molar-refractivity contribution in [2.24, 2.45) is 0 Å². The lowest BCUT2D eigenvalue weighted by atomic mass is 10.1. The summed E-state index contributed by atoms with van der Waals surface area (Å²) < 4.78 is 2.28. The Hall–Kier alpha value is -0.870. The Morgan fingerprint density at radius 3 is 2.94 bits per heavy atom. The Balaban J connectivity index is 2.40. The second-order valence-corrected chi connectivity index (χ2v) is 5.74. The van der Waals surface area contributed by atoms with E-state index in [-0.39, 0.29) is 6.42 Å². The third-order valence-corrected chi connectivity index (χ3v) is 4.39. The number of thiophene rings is 1. The molecule has 84 valence electrons. The number of fused-ring (bicyclic) bond motifs is 1. The maximum absolute atomic E-state index is 10.6. The molecule has 0 atom stereocenters. The zero-order valence-corrected chi connectivity index (χ0v) is 11.2. The number of aryl methyl sites for hydroxylation is 2. The van der Waals surface area contributed by atoms with Gasteiger partial charge in [0.2, 0.25) is 0 Å². The summed E-state index contributed by atoms with van der Waals surface area (Å²) in [5, 5.41) is 9.90. The minimum Gasteiger partial charge on any atom is -0.481 e. The molecular weight excluding hydrogens is 288 g/mol. The fourth-order valence-electron chi connectivity index (χ4n) is 1.70. The van der Waals surface area contributed by atoms with Crippen LogP contribution >= 0.6 is 27.3 Å². The molecule has 0 unspecified atom stereocenters. The van der Waals surface area contributed by atoms with E-state index >= 15 is 0 Å². The molecule has 0 radical (unpaired) electrons. The van der Waals surface area contributed by atoms with Crippen LogP contribution < -0.4 is 0 Å². The fraction of sp³-hybridized carbons (Fsp3) is 0.250. The summed E-state index contributed by atoms with van der Waals surface area (Å²) >= 11 is 5.14. The van der Waals surface area contributed by atoms with Gasteiger partial charge in [0.1, 0.15) is 0 Å². The van der Waals surface area contributed by atoms with Gasteiger partial charge in [0.15, 0.2) is 0 Å². The molecular formula is C12H11BrO2S. The van der Waals surface area contributed by atoms with E-state index in [1.165, 1.54) is 20.5 Å². The number of carboxylic acids is 1. The van der Waals surface area contributed by atoms with Gasteiger partial charge in [-0.25, -0.2) is 0 Å². The Labute approximate surface area is 106 Å². The van der Waals surface area contributed by atoms with E-state index in [4.69, 9.17) is 5.11 Å². The number of benzene rings is 1. The summed E-state index contributed by atoms with van der Waals surface area (Å²) in [4.78, 5) is 11.7. The molecule has 4 heteroatoms. The van der Waals surface area contributed by atoms with Gasteiger partial charge in [0.25, 0.3) is 0 Å². The monoisotopic (exact) mass is 298 g/mol. The van der Waals surface area contributed by atoms with E-state index in [1.807, 2.05) is 6.07 Å². The van der Waals surface area contributed by atoms with Crippen LogP contribution in [-0.2, 0) is 11.2 Å². The average Bonchev–Trinajstić information content (AvgIpc) is 2.53. The van der Waals surface area contributed by atoms with Crippen molar-refractivity contribution < 1.29 is 9.90 Å². The molecule has 2 nitrogen and oxygen atoms in total. The van der Waals surface area contributed by atoms with Crippen LogP contribution in [0.25, 0.3) is 10.1 Å². The minimum absolute atomic E-state index is 0.203. The first kappa shape index (κ1) is 11.6. The van der Waals surface area contributed by atoms with Crippen LogP contribution in [0.5, 0.6) is 0 Å². The van der Waals surface area contributed by atoms with Crippen LogP contribution in [0.15, 0.2) is 22.7 Å². The summed E-state index contributed by atoms with van der Waals surface area (Å²) in [5.74, 6) is -0.738. The standard InChI is InChI=1S/C12H11BrO2S/c1-7-9-6-8(13)2-3-11(9)16-10(7)4-5-12(14)15/h2-3,6H,4-5H2,1H3,(H,14,15). The molecule has 1 aromatic carbocycles. The van der Waals surface area contributed by atoms with Gasteiger partial charge in [0.05, 0.1) is 6.42 Å². The number of rotatable bonds is 3. The molecule has 0 fully saturated rings. The molecule has 0 saturated carbocycles. The Morgan fingerprint density at radius 1 is 1.50 bits per heavy atom. The molecule has 0 spiro atoms. The maximum atomic E-state index is 10.6. The maximum Gasteiger partial charge on any atom is 0.303 e. The predicted molar refractivity (Wildman–Crippen MR) is 70.2 cm³/mol. The quantitative estimate of drug-likeness (QED) is 0.930. The van der Waals surface area contributed by atoms with Crippen LogP contribution in [-0.4, -0.2) is 11.1 Å². The van der Waals surface area contributed by atoms with Gasteiger partial charge in [-0.15, -0.1) is 11.3 Å². The number of halogens is 1. The number of hydrogen-bond donors (Lipinski definition) is 1. The smallest absolute Gasteiger partial charge is 0.303 e. The third-order valence-electron chi connectivity index (χ3n) is 2.56. The van der Waals surface area contributed by atoms with Gasteiger partial charge in [0, 0.05) is 14.0 Å². The molecule has 0 aliphatic heterocycles. The van der Waals surface area contributed by atoms with Gasteiger partial charge in [-0.3, -0.25) is 4.79 Å². The largest absolute Gasteiger partial charge is 0.481 e. The molecule has 0 saturated heterocycles. The van der Waals surface area contributed by atoms with E-state index in [2.05, 4.69) is 35.0 Å². The van der Waals surface area contributed by atoms with Crippen molar-refractivity contribution in [3.05, 3.63) is 33.1 Å². The zero-order chi connectivity index (χ0) is 11.7. The van der Waals surface area contributed by atoms with Crippen molar-refractivity contribution in [3.8, 4) is 0 Å². The van der Waals surface area contributed by atoms with Crippen molar-refractivity contribution in [2.75, 3.05) is 0 Å². The molecule has 1 heterocycles. The third kappa shape index (κ3) is 2.28. The molecule has 1 aromatic heterocycles. The van der Waals surface area contributed by atoms with E-state index in [0.717, 1.165) is 4.47 Å². The van der Waals surface area contributed by atoms with Crippen LogP contribution in [0.2, 0.25) is 0 Å². The lowest BCUT2D eigenvalue weighted by Gasteiger charge is -1.96. The summed E-state index contributed by atoms with van der Waals surface area (Å²) in [7, 11) is 0. The Morgan fingerprint density at radius 2 is 2.25 bits per heavy atom. The Bertz CT molecular complexity index is 545. The highest BCUT2D eigenvalue weighted by Gasteiger charge is 2.09. The highest BCUT2D eigenvalue weighted by atomic mass is 79.9. The van der Waals surface area contributed by atoms with Crippen molar-refractivity contribution in [1.82, 2.24) is 0 Å². The van der Waals surface area contributed by atoms with E-state index < -0.39 is 5.97 Å². The number of carbonyl (C=O) groups is 1. The number of carboxylic acid groups (broad SMARTS) is 1. The summed E-state index contributed by atoms with van der Waals surface area (Å²) in [5.41, 5.74) is 1.21. The Kier molecular flexibility index (Phi) is 3.30. The predicted octanol–water partition coefficient (Wildman–Crippen LogP) is 3.99. The highest BCUT2D eigenvalue weighted by Crippen LogP contribution is 2.33. The van der Waals surface area contributed by atoms with Crippen LogP contribution in [0.4, 0.5) is 0 Å². The van der Waals surface area contributed by atoms with Crippen LogP contribution in [0.1, 0.15) is 16.9 Å².